The molecule has 0 unspecified atom stereocenters. The van der Waals surface area contributed by atoms with Crippen molar-refractivity contribution in [1.29, 1.82) is 0 Å². The molecule has 1 aromatic rings. The Bertz CT molecular complexity index is 346. The molecule has 15 heavy (non-hydrogen) atoms. The van der Waals surface area contributed by atoms with Gasteiger partial charge in [0.15, 0.2) is 0 Å². The third-order valence-electron chi connectivity index (χ3n) is 2.11. The second-order valence-corrected chi connectivity index (χ2v) is 5.39. The number of nitrogens with two attached hydrogens (primary N) is 1. The Kier molecular flexibility index (Phi) is 4.98. The normalized spacial score (nSPS) is 10.4. The van der Waals surface area contributed by atoms with Crippen molar-refractivity contribution in [3.8, 4) is 0 Å². The monoisotopic (exact) mass is 340 g/mol. The lowest BCUT2D eigenvalue weighted by atomic mass is 10.2. The van der Waals surface area contributed by atoms with E-state index in [1.165, 1.54) is 6.07 Å². The Hall–Kier alpha value is -0.170. The molecule has 1 rings (SSSR count). The highest BCUT2D eigenvalue weighted by molar-refractivity contribution is 14.1. The smallest absolute Gasteiger partial charge is 0.138 e. The van der Waals surface area contributed by atoms with Gasteiger partial charge in [0.25, 0.3) is 0 Å². The van der Waals surface area contributed by atoms with E-state index in [9.17, 15) is 4.39 Å². The van der Waals surface area contributed by atoms with Crippen LogP contribution in [0.4, 0.5) is 15.8 Å². The van der Waals surface area contributed by atoms with Crippen LogP contribution in [0.3, 0.4) is 0 Å². The maximum absolute atomic E-state index is 13.3. The van der Waals surface area contributed by atoms with Crippen LogP contribution in [0.25, 0.3) is 0 Å². The van der Waals surface area contributed by atoms with E-state index < -0.39 is 0 Å². The first-order valence-corrected chi connectivity index (χ1v) is 6.98. The first kappa shape index (κ1) is 12.9. The van der Waals surface area contributed by atoms with Gasteiger partial charge in [0.2, 0.25) is 0 Å². The van der Waals surface area contributed by atoms with Crippen molar-refractivity contribution in [2.45, 2.75) is 0 Å². The maximum Gasteiger partial charge on any atom is 0.138 e. The molecule has 0 radical (unpaired) electrons. The van der Waals surface area contributed by atoms with Crippen molar-refractivity contribution in [1.82, 2.24) is 0 Å². The number of nitrogen functional groups attached to an aromatic ring is 1. The minimum Gasteiger partial charge on any atom is -0.397 e. The van der Waals surface area contributed by atoms with Crippen molar-refractivity contribution >= 4 is 45.7 Å². The Morgan fingerprint density at radius 3 is 2.80 bits per heavy atom. The minimum atomic E-state index is -0.212. The van der Waals surface area contributed by atoms with E-state index >= 15 is 0 Å². The first-order chi connectivity index (χ1) is 7.06. The summed E-state index contributed by atoms with van der Waals surface area (Å²) in [6, 6.07) is 3.16. The SMILES string of the molecule is CSCCN(C)c1cc(F)c(I)cc1N. The molecule has 0 saturated heterocycles. The van der Waals surface area contributed by atoms with Crippen molar-refractivity contribution in [2.75, 3.05) is 36.2 Å². The molecular formula is C10H14FIN2S. The number of nitrogens with zero attached hydrogens (tertiary/aromatic N) is 1. The summed E-state index contributed by atoms with van der Waals surface area (Å²) in [6.45, 7) is 0.866. The molecule has 84 valence electrons. The molecule has 0 amide bonds. The zero-order chi connectivity index (χ0) is 11.4. The van der Waals surface area contributed by atoms with Gasteiger partial charge in [-0.25, -0.2) is 4.39 Å². The Morgan fingerprint density at radius 2 is 2.20 bits per heavy atom. The molecule has 2 N–H and O–H groups in total. The molecule has 2 nitrogen and oxygen atoms in total. The van der Waals surface area contributed by atoms with Gasteiger partial charge in [-0.15, -0.1) is 0 Å². The molecule has 0 atom stereocenters. The Balaban J connectivity index is 2.88. The lowest BCUT2D eigenvalue weighted by Crippen LogP contribution is -2.21. The lowest BCUT2D eigenvalue weighted by molar-refractivity contribution is 0.620. The predicted octanol–water partition coefficient (Wildman–Crippen LogP) is 2.81. The van der Waals surface area contributed by atoms with Gasteiger partial charge in [-0.1, -0.05) is 0 Å². The standard InChI is InChI=1S/C10H14FIN2S/c1-14(3-4-15-2)10-5-7(11)8(12)6-9(10)13/h5-6H,3-4,13H2,1-2H3. The molecule has 0 aromatic heterocycles. The summed E-state index contributed by atoms with van der Waals surface area (Å²) in [5.41, 5.74) is 7.24. The van der Waals surface area contributed by atoms with Gasteiger partial charge in [-0.3, -0.25) is 0 Å². The average Bonchev–Trinajstić information content (AvgIpc) is 2.20. The van der Waals surface area contributed by atoms with Gasteiger partial charge in [-0.2, -0.15) is 11.8 Å². The molecule has 0 fully saturated rings. The van der Waals surface area contributed by atoms with Crippen molar-refractivity contribution in [2.24, 2.45) is 0 Å². The van der Waals surface area contributed by atoms with Gasteiger partial charge in [0.05, 0.1) is 14.9 Å². The van der Waals surface area contributed by atoms with Crippen LogP contribution in [0.1, 0.15) is 0 Å². The number of halogens is 2. The summed E-state index contributed by atoms with van der Waals surface area (Å²) in [7, 11) is 1.92. The summed E-state index contributed by atoms with van der Waals surface area (Å²) in [4.78, 5) is 1.98. The van der Waals surface area contributed by atoms with Gasteiger partial charge in [-0.05, 0) is 34.9 Å². The fourth-order valence-corrected chi connectivity index (χ4v) is 2.18. The van der Waals surface area contributed by atoms with E-state index in [2.05, 4.69) is 0 Å². The van der Waals surface area contributed by atoms with Gasteiger partial charge >= 0.3 is 0 Å². The third kappa shape index (κ3) is 3.41. The highest BCUT2D eigenvalue weighted by Crippen LogP contribution is 2.26. The summed E-state index contributed by atoms with van der Waals surface area (Å²) >= 11 is 3.70. The van der Waals surface area contributed by atoms with Crippen LogP contribution >= 0.6 is 34.4 Å². The molecule has 0 aliphatic rings. The van der Waals surface area contributed by atoms with E-state index in [1.54, 1.807) is 17.8 Å². The molecule has 0 bridgehead atoms. The highest BCUT2D eigenvalue weighted by atomic mass is 127. The first-order valence-electron chi connectivity index (χ1n) is 4.51. The zero-order valence-electron chi connectivity index (χ0n) is 8.76. The average molecular weight is 340 g/mol. The molecule has 0 spiro atoms. The predicted molar refractivity (Wildman–Crippen MR) is 75.2 cm³/mol. The van der Waals surface area contributed by atoms with Crippen LogP contribution in [0, 0.1) is 9.39 Å². The van der Waals surface area contributed by atoms with Crippen molar-refractivity contribution in [3.05, 3.63) is 21.5 Å². The molecule has 0 aliphatic carbocycles. The molecule has 0 saturated carbocycles. The van der Waals surface area contributed by atoms with Crippen LogP contribution in [0.15, 0.2) is 12.1 Å². The van der Waals surface area contributed by atoms with Gasteiger partial charge < -0.3 is 10.6 Å². The quantitative estimate of drug-likeness (QED) is 0.675. The van der Waals surface area contributed by atoms with Crippen LogP contribution in [-0.4, -0.2) is 25.6 Å². The number of hydrogen-bond donors (Lipinski definition) is 1. The second-order valence-electron chi connectivity index (χ2n) is 3.24. The van der Waals surface area contributed by atoms with E-state index in [0.29, 0.717) is 9.26 Å². The lowest BCUT2D eigenvalue weighted by Gasteiger charge is -2.21. The Labute approximate surface area is 108 Å². The largest absolute Gasteiger partial charge is 0.397 e. The summed E-state index contributed by atoms with van der Waals surface area (Å²) in [5, 5.41) is 0. The highest BCUT2D eigenvalue weighted by Gasteiger charge is 2.09. The van der Waals surface area contributed by atoms with Gasteiger partial charge in [0, 0.05) is 25.4 Å². The summed E-state index contributed by atoms with van der Waals surface area (Å²) < 4.78 is 13.9. The number of thioether (sulfide) groups is 1. The van der Waals surface area contributed by atoms with Crippen LogP contribution in [-0.2, 0) is 0 Å². The molecular weight excluding hydrogens is 326 g/mol. The van der Waals surface area contributed by atoms with Crippen molar-refractivity contribution < 1.29 is 4.39 Å². The van der Waals surface area contributed by atoms with Crippen molar-refractivity contribution in [3.63, 3.8) is 0 Å². The summed E-state index contributed by atoms with van der Waals surface area (Å²) in [6.07, 6.45) is 2.05. The maximum atomic E-state index is 13.3. The second kappa shape index (κ2) is 5.79. The molecule has 0 heterocycles. The van der Waals surface area contributed by atoms with Crippen LogP contribution in [0.5, 0.6) is 0 Å². The molecule has 1 aromatic carbocycles. The zero-order valence-corrected chi connectivity index (χ0v) is 11.7. The number of rotatable bonds is 4. The number of anilines is 2. The summed E-state index contributed by atoms with van der Waals surface area (Å²) in [5.74, 6) is 0.791. The fraction of sp³-hybridized carbons (Fsp3) is 0.400. The molecule has 5 heteroatoms. The Morgan fingerprint density at radius 1 is 1.53 bits per heavy atom. The van der Waals surface area contributed by atoms with Gasteiger partial charge in [0.1, 0.15) is 5.82 Å². The number of benzene rings is 1. The fourth-order valence-electron chi connectivity index (χ4n) is 1.23. The van der Waals surface area contributed by atoms with E-state index in [-0.39, 0.29) is 5.82 Å². The van der Waals surface area contributed by atoms with Crippen LogP contribution in [0.2, 0.25) is 0 Å². The topological polar surface area (TPSA) is 29.3 Å². The third-order valence-corrected chi connectivity index (χ3v) is 3.53. The van der Waals surface area contributed by atoms with Crippen LogP contribution < -0.4 is 10.6 Å². The number of hydrogen-bond acceptors (Lipinski definition) is 3. The van der Waals surface area contributed by atoms with E-state index in [1.807, 2.05) is 40.8 Å². The van der Waals surface area contributed by atoms with E-state index in [0.717, 1.165) is 18.0 Å². The minimum absolute atomic E-state index is 0.212. The van der Waals surface area contributed by atoms with E-state index in [4.69, 9.17) is 5.73 Å². The molecule has 0 aliphatic heterocycles.